The Morgan fingerprint density at radius 2 is 2.25 bits per heavy atom. The Labute approximate surface area is 50.8 Å². The van der Waals surface area contributed by atoms with Gasteiger partial charge in [0.1, 0.15) is 0 Å². The fraction of sp³-hybridized carbons (Fsp3) is 0.400. The average molecular weight is 132 g/mol. The van der Waals surface area contributed by atoms with E-state index >= 15 is 0 Å². The summed E-state index contributed by atoms with van der Waals surface area (Å²) in [5.74, 6) is -0.896. The maximum Gasteiger partial charge on any atom is 0.330 e. The highest BCUT2D eigenvalue weighted by Gasteiger charge is 1.99. The molecule has 0 rings (SSSR count). The first-order valence-electron chi connectivity index (χ1n) is 2.29. The zero-order valence-corrected chi connectivity index (χ0v) is 5.71. The van der Waals surface area contributed by atoms with Gasteiger partial charge in [-0.05, 0) is 12.6 Å². The lowest BCUT2D eigenvalue weighted by molar-refractivity contribution is -0.132. The fourth-order valence-corrected chi connectivity index (χ4v) is 0.630. The number of rotatable bonds is 3. The van der Waals surface area contributed by atoms with Crippen molar-refractivity contribution in [1.29, 1.82) is 0 Å². The maximum atomic E-state index is 9.98. The van der Waals surface area contributed by atoms with E-state index in [4.69, 9.17) is 5.11 Å². The van der Waals surface area contributed by atoms with E-state index in [0.717, 1.165) is 6.16 Å². The number of hydrogen-bond acceptors (Lipinski definition) is 1. The van der Waals surface area contributed by atoms with E-state index in [2.05, 4.69) is 15.8 Å². The lowest BCUT2D eigenvalue weighted by atomic mass is 10.2. The fourth-order valence-electron chi connectivity index (χ4n) is 0.281. The van der Waals surface area contributed by atoms with Crippen LogP contribution in [0.25, 0.3) is 0 Å². The summed E-state index contributed by atoms with van der Waals surface area (Å²) in [6, 6.07) is 0. The minimum absolute atomic E-state index is 0.278. The first-order valence-corrected chi connectivity index (χ1v) is 3.11. The van der Waals surface area contributed by atoms with Crippen LogP contribution in [0.15, 0.2) is 12.2 Å². The molecule has 0 spiro atoms. The zero-order valence-electron chi connectivity index (χ0n) is 4.55. The molecule has 8 heavy (non-hydrogen) atoms. The highest BCUT2D eigenvalue weighted by atomic mass is 31.0. The molecule has 0 bridgehead atoms. The van der Waals surface area contributed by atoms with E-state index < -0.39 is 5.97 Å². The summed E-state index contributed by atoms with van der Waals surface area (Å²) in [4.78, 5) is 9.98. The molecule has 1 atom stereocenters. The van der Waals surface area contributed by atoms with Crippen LogP contribution in [-0.4, -0.2) is 17.2 Å². The topological polar surface area (TPSA) is 37.3 Å². The van der Waals surface area contributed by atoms with E-state index in [1.165, 1.54) is 0 Å². The van der Waals surface area contributed by atoms with Crippen molar-refractivity contribution in [3.63, 3.8) is 0 Å². The van der Waals surface area contributed by atoms with Gasteiger partial charge in [-0.25, -0.2) is 4.79 Å². The Hall–Kier alpha value is -0.360. The predicted octanol–water partition coefficient (Wildman–Crippen LogP) is 0.892. The van der Waals surface area contributed by atoms with Crippen molar-refractivity contribution in [3.05, 3.63) is 12.2 Å². The molecule has 0 aromatic carbocycles. The summed E-state index contributed by atoms with van der Waals surface area (Å²) < 4.78 is 0. The Kier molecular flexibility index (Phi) is 3.46. The summed E-state index contributed by atoms with van der Waals surface area (Å²) in [7, 11) is 2.44. The van der Waals surface area contributed by atoms with E-state index in [1.54, 1.807) is 0 Å². The smallest absolute Gasteiger partial charge is 0.330 e. The first kappa shape index (κ1) is 7.64. The highest BCUT2D eigenvalue weighted by molar-refractivity contribution is 7.16. The van der Waals surface area contributed by atoms with Gasteiger partial charge >= 0.3 is 5.97 Å². The SMILES string of the molecule is C=C(CCP)C(=O)O. The van der Waals surface area contributed by atoms with Crippen molar-refractivity contribution in [2.45, 2.75) is 6.42 Å². The van der Waals surface area contributed by atoms with Crippen LogP contribution >= 0.6 is 9.24 Å². The Balaban J connectivity index is 3.49. The van der Waals surface area contributed by atoms with Crippen LogP contribution in [0.5, 0.6) is 0 Å². The minimum Gasteiger partial charge on any atom is -0.478 e. The predicted molar refractivity (Wildman–Crippen MR) is 36.0 cm³/mol. The summed E-state index contributed by atoms with van der Waals surface area (Å²) in [6.45, 7) is 3.33. The van der Waals surface area contributed by atoms with Crippen molar-refractivity contribution >= 4 is 15.2 Å². The van der Waals surface area contributed by atoms with Gasteiger partial charge in [0.15, 0.2) is 0 Å². The molecule has 1 unspecified atom stereocenters. The van der Waals surface area contributed by atoms with Crippen molar-refractivity contribution in [2.24, 2.45) is 0 Å². The van der Waals surface area contributed by atoms with Crippen molar-refractivity contribution in [3.8, 4) is 0 Å². The molecule has 0 radical (unpaired) electrons. The van der Waals surface area contributed by atoms with Crippen LogP contribution in [0.1, 0.15) is 6.42 Å². The second-order valence-corrected chi connectivity index (χ2v) is 2.02. The van der Waals surface area contributed by atoms with Gasteiger partial charge in [-0.1, -0.05) is 6.58 Å². The number of carboxylic acid groups (broad SMARTS) is 1. The number of aliphatic carboxylic acids is 1. The third-order valence-electron chi connectivity index (χ3n) is 0.749. The monoisotopic (exact) mass is 132 g/mol. The van der Waals surface area contributed by atoms with Crippen LogP contribution in [0.2, 0.25) is 0 Å². The van der Waals surface area contributed by atoms with Gasteiger partial charge in [0.2, 0.25) is 0 Å². The summed E-state index contributed by atoms with van der Waals surface area (Å²) in [5.41, 5.74) is 0.278. The average Bonchev–Trinajstić information content (AvgIpc) is 1.67. The quantitative estimate of drug-likeness (QED) is 0.457. The van der Waals surface area contributed by atoms with Crippen LogP contribution in [0.4, 0.5) is 0 Å². The second kappa shape index (κ2) is 3.62. The van der Waals surface area contributed by atoms with Gasteiger partial charge in [0.25, 0.3) is 0 Å². The molecule has 46 valence electrons. The largest absolute Gasteiger partial charge is 0.478 e. The van der Waals surface area contributed by atoms with Gasteiger partial charge in [-0.15, -0.1) is 9.24 Å². The number of hydrogen-bond donors (Lipinski definition) is 1. The van der Waals surface area contributed by atoms with Crippen LogP contribution in [0, 0.1) is 0 Å². The third kappa shape index (κ3) is 2.75. The highest BCUT2D eigenvalue weighted by Crippen LogP contribution is 1.99. The Morgan fingerprint density at radius 1 is 1.75 bits per heavy atom. The number of carbonyl (C=O) groups is 1. The third-order valence-corrected chi connectivity index (χ3v) is 1.04. The molecule has 2 nitrogen and oxygen atoms in total. The van der Waals surface area contributed by atoms with E-state index in [9.17, 15) is 4.79 Å². The molecular weight excluding hydrogens is 123 g/mol. The molecule has 0 fully saturated rings. The summed E-state index contributed by atoms with van der Waals surface area (Å²) in [5, 5.41) is 8.20. The lowest BCUT2D eigenvalue weighted by Crippen LogP contribution is -1.98. The normalized spacial score (nSPS) is 8.62. The van der Waals surface area contributed by atoms with Gasteiger partial charge in [-0.3, -0.25) is 0 Å². The standard InChI is InChI=1S/C5H9O2P/c1-4(2-3-8)5(6)7/h1-3,8H2,(H,6,7). The molecule has 0 aliphatic carbocycles. The maximum absolute atomic E-state index is 9.98. The molecule has 0 aromatic heterocycles. The molecule has 0 aliphatic rings. The Bertz CT molecular complexity index is 109. The molecule has 0 heterocycles. The van der Waals surface area contributed by atoms with Crippen molar-refractivity contribution in [1.82, 2.24) is 0 Å². The van der Waals surface area contributed by atoms with Gasteiger partial charge in [0.05, 0.1) is 0 Å². The summed E-state index contributed by atoms with van der Waals surface area (Å²) in [6.07, 6.45) is 1.32. The summed E-state index contributed by atoms with van der Waals surface area (Å²) >= 11 is 0. The zero-order chi connectivity index (χ0) is 6.57. The van der Waals surface area contributed by atoms with E-state index in [0.29, 0.717) is 6.42 Å². The minimum atomic E-state index is -0.896. The molecule has 1 N–H and O–H groups in total. The Morgan fingerprint density at radius 3 is 2.38 bits per heavy atom. The van der Waals surface area contributed by atoms with Crippen molar-refractivity contribution < 1.29 is 9.90 Å². The molecule has 0 amide bonds. The molecular formula is C5H9O2P. The molecule has 3 heteroatoms. The molecule has 0 aromatic rings. The molecule has 0 aliphatic heterocycles. The van der Waals surface area contributed by atoms with Gasteiger partial charge in [0, 0.05) is 5.57 Å². The van der Waals surface area contributed by atoms with Gasteiger partial charge < -0.3 is 5.11 Å². The van der Waals surface area contributed by atoms with Crippen LogP contribution < -0.4 is 0 Å². The molecule has 0 saturated heterocycles. The van der Waals surface area contributed by atoms with Crippen LogP contribution in [-0.2, 0) is 4.79 Å². The number of carboxylic acids is 1. The van der Waals surface area contributed by atoms with E-state index in [1.807, 2.05) is 0 Å². The van der Waals surface area contributed by atoms with Gasteiger partial charge in [-0.2, -0.15) is 0 Å². The lowest BCUT2D eigenvalue weighted by Gasteiger charge is -1.92. The van der Waals surface area contributed by atoms with E-state index in [-0.39, 0.29) is 5.57 Å². The van der Waals surface area contributed by atoms with Crippen molar-refractivity contribution in [2.75, 3.05) is 6.16 Å². The second-order valence-electron chi connectivity index (χ2n) is 1.45. The molecule has 0 saturated carbocycles. The van der Waals surface area contributed by atoms with Crippen LogP contribution in [0.3, 0.4) is 0 Å². The first-order chi connectivity index (χ1) is 3.68.